The molecule has 0 radical (unpaired) electrons. The Balaban J connectivity index is 1.35. The van der Waals surface area contributed by atoms with Crippen LogP contribution in [0.4, 0.5) is 0 Å². The van der Waals surface area contributed by atoms with E-state index in [1.165, 1.54) is 32.5 Å². The number of piperidine rings is 1. The number of nitrogens with one attached hydrogen (secondary N) is 1. The van der Waals surface area contributed by atoms with Crippen LogP contribution in [0.3, 0.4) is 0 Å². The van der Waals surface area contributed by atoms with E-state index in [0.717, 1.165) is 45.2 Å². The first-order chi connectivity index (χ1) is 10.8. The molecule has 1 N–H and O–H groups in total. The van der Waals surface area contributed by atoms with Gasteiger partial charge in [0.05, 0.1) is 19.8 Å². The molecule has 22 heavy (non-hydrogen) atoms. The number of ether oxygens (including phenoxy) is 1. The van der Waals surface area contributed by atoms with Gasteiger partial charge < -0.3 is 19.9 Å². The summed E-state index contributed by atoms with van der Waals surface area (Å²) in [4.78, 5) is 19.1. The molecule has 126 valence electrons. The van der Waals surface area contributed by atoms with Crippen molar-refractivity contribution in [3.8, 4) is 0 Å². The number of hydrogen-bond acceptors (Lipinski definition) is 5. The second-order valence-corrected chi connectivity index (χ2v) is 6.76. The molecule has 0 aromatic carbocycles. The lowest BCUT2D eigenvalue weighted by Crippen LogP contribution is -2.52. The normalized spacial score (nSPS) is 26.3. The Labute approximate surface area is 133 Å². The van der Waals surface area contributed by atoms with Crippen LogP contribution in [0.25, 0.3) is 0 Å². The van der Waals surface area contributed by atoms with E-state index in [1.807, 2.05) is 4.90 Å². The van der Waals surface area contributed by atoms with Gasteiger partial charge in [-0.3, -0.25) is 9.69 Å². The highest BCUT2D eigenvalue weighted by Gasteiger charge is 2.24. The van der Waals surface area contributed by atoms with Crippen LogP contribution in [-0.4, -0.2) is 99.3 Å². The van der Waals surface area contributed by atoms with Crippen molar-refractivity contribution in [2.75, 3.05) is 78.7 Å². The Hall–Kier alpha value is -0.690. The van der Waals surface area contributed by atoms with Gasteiger partial charge in [0, 0.05) is 45.8 Å². The predicted octanol–water partition coefficient (Wildman–Crippen LogP) is -0.538. The van der Waals surface area contributed by atoms with Gasteiger partial charge in [0.2, 0.25) is 5.91 Å². The van der Waals surface area contributed by atoms with Gasteiger partial charge in [-0.15, -0.1) is 0 Å². The summed E-state index contributed by atoms with van der Waals surface area (Å²) in [5.74, 6) is 1.14. The van der Waals surface area contributed by atoms with Crippen LogP contribution in [0.1, 0.15) is 12.8 Å². The second kappa shape index (κ2) is 8.24. The molecule has 6 heteroatoms. The molecule has 0 aromatic rings. The molecule has 3 saturated heterocycles. The van der Waals surface area contributed by atoms with E-state index in [4.69, 9.17) is 4.74 Å². The maximum absolute atomic E-state index is 12.3. The zero-order chi connectivity index (χ0) is 15.2. The molecule has 0 unspecified atom stereocenters. The number of carbonyl (C=O) groups excluding carboxylic acids is 1. The number of hydrogen-bond donors (Lipinski definition) is 1. The van der Waals surface area contributed by atoms with Crippen LogP contribution in [0, 0.1) is 5.92 Å². The summed E-state index contributed by atoms with van der Waals surface area (Å²) in [6.45, 7) is 11.4. The average Bonchev–Trinajstić information content (AvgIpc) is 2.58. The van der Waals surface area contributed by atoms with Gasteiger partial charge >= 0.3 is 0 Å². The molecule has 6 nitrogen and oxygen atoms in total. The number of piperazine rings is 1. The zero-order valence-corrected chi connectivity index (χ0v) is 13.6. The largest absolute Gasteiger partial charge is 0.378 e. The third-order valence-electron chi connectivity index (χ3n) is 5.16. The number of carbonyl (C=O) groups is 1. The summed E-state index contributed by atoms with van der Waals surface area (Å²) in [5.41, 5.74) is 0. The summed E-state index contributed by atoms with van der Waals surface area (Å²) >= 11 is 0. The summed E-state index contributed by atoms with van der Waals surface area (Å²) in [6.07, 6.45) is 2.63. The van der Waals surface area contributed by atoms with Gasteiger partial charge in [-0.2, -0.15) is 0 Å². The predicted molar refractivity (Wildman–Crippen MR) is 85.9 cm³/mol. The molecule has 0 aliphatic carbocycles. The number of amides is 1. The first kappa shape index (κ1) is 16.2. The Morgan fingerprint density at radius 3 is 2.27 bits per heavy atom. The average molecular weight is 310 g/mol. The van der Waals surface area contributed by atoms with Crippen molar-refractivity contribution in [1.29, 1.82) is 0 Å². The molecular formula is C16H30N4O2. The van der Waals surface area contributed by atoms with E-state index < -0.39 is 0 Å². The molecule has 0 saturated carbocycles. The number of morpholine rings is 1. The second-order valence-electron chi connectivity index (χ2n) is 6.76. The van der Waals surface area contributed by atoms with Crippen molar-refractivity contribution < 1.29 is 9.53 Å². The molecule has 1 amide bonds. The van der Waals surface area contributed by atoms with E-state index in [-0.39, 0.29) is 5.91 Å². The minimum Gasteiger partial charge on any atom is -0.378 e. The van der Waals surface area contributed by atoms with Gasteiger partial charge in [0.1, 0.15) is 0 Å². The van der Waals surface area contributed by atoms with Crippen LogP contribution < -0.4 is 5.32 Å². The molecular weight excluding hydrogens is 280 g/mol. The summed E-state index contributed by atoms with van der Waals surface area (Å²) < 4.78 is 5.31. The Bertz CT molecular complexity index is 346. The van der Waals surface area contributed by atoms with Gasteiger partial charge in [-0.25, -0.2) is 0 Å². The fourth-order valence-corrected chi connectivity index (χ4v) is 3.66. The topological polar surface area (TPSA) is 48.1 Å². The lowest BCUT2D eigenvalue weighted by molar-refractivity contribution is -0.136. The number of nitrogens with zero attached hydrogens (tertiary/aromatic N) is 3. The number of rotatable bonds is 4. The van der Waals surface area contributed by atoms with Gasteiger partial charge in [0.25, 0.3) is 0 Å². The van der Waals surface area contributed by atoms with Crippen molar-refractivity contribution >= 4 is 5.91 Å². The monoisotopic (exact) mass is 310 g/mol. The Morgan fingerprint density at radius 2 is 1.59 bits per heavy atom. The molecule has 3 aliphatic rings. The lowest BCUT2D eigenvalue weighted by Gasteiger charge is -2.38. The summed E-state index contributed by atoms with van der Waals surface area (Å²) in [5, 5.41) is 3.43. The fraction of sp³-hybridized carbons (Fsp3) is 0.938. The molecule has 0 atom stereocenters. The van der Waals surface area contributed by atoms with Gasteiger partial charge in [-0.05, 0) is 31.8 Å². The smallest absolute Gasteiger partial charge is 0.236 e. The Kier molecular flexibility index (Phi) is 6.06. The van der Waals surface area contributed by atoms with E-state index in [2.05, 4.69) is 15.1 Å². The van der Waals surface area contributed by atoms with E-state index in [1.54, 1.807) is 0 Å². The first-order valence-electron chi connectivity index (χ1n) is 8.82. The zero-order valence-electron chi connectivity index (χ0n) is 13.6. The van der Waals surface area contributed by atoms with Crippen molar-refractivity contribution in [3.63, 3.8) is 0 Å². The fourth-order valence-electron chi connectivity index (χ4n) is 3.66. The molecule has 0 spiro atoms. The minimum atomic E-state index is 0.273. The molecule has 3 fully saturated rings. The molecule has 3 heterocycles. The highest BCUT2D eigenvalue weighted by atomic mass is 16.5. The third kappa shape index (κ3) is 4.65. The van der Waals surface area contributed by atoms with E-state index >= 15 is 0 Å². The van der Waals surface area contributed by atoms with Crippen LogP contribution >= 0.6 is 0 Å². The maximum Gasteiger partial charge on any atom is 0.236 e. The van der Waals surface area contributed by atoms with Crippen LogP contribution in [0.2, 0.25) is 0 Å². The molecule has 0 aromatic heterocycles. The summed E-state index contributed by atoms with van der Waals surface area (Å²) in [6, 6.07) is 0. The van der Waals surface area contributed by atoms with Crippen LogP contribution in [0.5, 0.6) is 0 Å². The van der Waals surface area contributed by atoms with Crippen molar-refractivity contribution in [2.24, 2.45) is 5.92 Å². The molecule has 3 aliphatic heterocycles. The van der Waals surface area contributed by atoms with Crippen LogP contribution in [0.15, 0.2) is 0 Å². The highest BCUT2D eigenvalue weighted by Crippen LogP contribution is 2.14. The maximum atomic E-state index is 12.3. The Morgan fingerprint density at radius 1 is 0.955 bits per heavy atom. The standard InChI is InChI=1S/C16H30N4O2/c21-16(20-9-11-22-12-10-20)14-19-7-5-18(6-8-19)13-15-1-3-17-4-2-15/h15,17H,1-14H2. The van der Waals surface area contributed by atoms with Crippen LogP contribution in [-0.2, 0) is 9.53 Å². The van der Waals surface area contributed by atoms with Gasteiger partial charge in [0.15, 0.2) is 0 Å². The van der Waals surface area contributed by atoms with Crippen molar-refractivity contribution in [1.82, 2.24) is 20.0 Å². The van der Waals surface area contributed by atoms with Crippen molar-refractivity contribution in [2.45, 2.75) is 12.8 Å². The SMILES string of the molecule is O=C(CN1CCN(CC2CCNCC2)CC1)N1CCOCC1. The first-order valence-corrected chi connectivity index (χ1v) is 8.82. The summed E-state index contributed by atoms with van der Waals surface area (Å²) in [7, 11) is 0. The van der Waals surface area contributed by atoms with Crippen molar-refractivity contribution in [3.05, 3.63) is 0 Å². The molecule has 0 bridgehead atoms. The lowest BCUT2D eigenvalue weighted by atomic mass is 9.97. The third-order valence-corrected chi connectivity index (χ3v) is 5.16. The minimum absolute atomic E-state index is 0.273. The quantitative estimate of drug-likeness (QED) is 0.756. The van der Waals surface area contributed by atoms with E-state index in [0.29, 0.717) is 19.8 Å². The van der Waals surface area contributed by atoms with E-state index in [9.17, 15) is 4.79 Å². The highest BCUT2D eigenvalue weighted by molar-refractivity contribution is 5.78. The molecule has 3 rings (SSSR count). The van der Waals surface area contributed by atoms with Gasteiger partial charge in [-0.1, -0.05) is 0 Å².